The molecular formula is C15H25N3O3. The van der Waals surface area contributed by atoms with Gasteiger partial charge in [0, 0.05) is 6.42 Å². The lowest BCUT2D eigenvalue weighted by molar-refractivity contribution is -0.117. The number of ether oxygens (including phenoxy) is 2. The highest BCUT2D eigenvalue weighted by Gasteiger charge is 2.18. The van der Waals surface area contributed by atoms with E-state index in [0.29, 0.717) is 18.2 Å². The fourth-order valence-corrected chi connectivity index (χ4v) is 2.28. The molecule has 0 spiro atoms. The maximum Gasteiger partial charge on any atom is 0.236 e. The second kappa shape index (κ2) is 7.24. The predicted octanol–water partition coefficient (Wildman–Crippen LogP) is 2.89. The molecule has 0 bridgehead atoms. The van der Waals surface area contributed by atoms with E-state index in [4.69, 9.17) is 9.47 Å². The summed E-state index contributed by atoms with van der Waals surface area (Å²) in [4.78, 5) is 20.2. The maximum atomic E-state index is 12.0. The summed E-state index contributed by atoms with van der Waals surface area (Å²) < 4.78 is 10.1. The Morgan fingerprint density at radius 2 is 1.76 bits per heavy atom. The number of methoxy groups -OCH3 is 2. The van der Waals surface area contributed by atoms with Crippen molar-refractivity contribution in [3.8, 4) is 11.8 Å². The summed E-state index contributed by atoms with van der Waals surface area (Å²) in [6.07, 6.45) is 1.41. The lowest BCUT2D eigenvalue weighted by atomic mass is 9.84. The molecule has 1 rings (SSSR count). The fraction of sp³-hybridized carbons (Fsp3) is 0.667. The van der Waals surface area contributed by atoms with Crippen molar-refractivity contribution in [1.82, 2.24) is 9.97 Å². The van der Waals surface area contributed by atoms with Crippen LogP contribution in [0.4, 0.5) is 5.95 Å². The van der Waals surface area contributed by atoms with E-state index in [9.17, 15) is 4.79 Å². The number of hydrogen-bond donors (Lipinski definition) is 1. The number of nitrogens with one attached hydrogen (secondary N) is 1. The molecule has 0 aliphatic rings. The normalized spacial score (nSPS) is 12.7. The molecule has 1 atom stereocenters. The zero-order valence-electron chi connectivity index (χ0n) is 13.7. The lowest BCUT2D eigenvalue weighted by Crippen LogP contribution is -2.20. The van der Waals surface area contributed by atoms with Crippen LogP contribution < -0.4 is 14.8 Å². The molecule has 0 saturated heterocycles. The molecule has 1 N–H and O–H groups in total. The van der Waals surface area contributed by atoms with Crippen LogP contribution in [0.5, 0.6) is 11.8 Å². The quantitative estimate of drug-likeness (QED) is 0.873. The van der Waals surface area contributed by atoms with Crippen molar-refractivity contribution in [2.45, 2.75) is 40.5 Å². The predicted molar refractivity (Wildman–Crippen MR) is 81.6 cm³/mol. The summed E-state index contributed by atoms with van der Waals surface area (Å²) in [7, 11) is 3.00. The van der Waals surface area contributed by atoms with E-state index in [1.54, 1.807) is 6.07 Å². The third-order valence-electron chi connectivity index (χ3n) is 2.84. The Hall–Kier alpha value is -1.85. The van der Waals surface area contributed by atoms with Crippen LogP contribution in [0.2, 0.25) is 0 Å². The zero-order chi connectivity index (χ0) is 16.0. The Labute approximate surface area is 126 Å². The molecule has 1 aromatic heterocycles. The van der Waals surface area contributed by atoms with Gasteiger partial charge in [-0.3, -0.25) is 10.1 Å². The molecule has 1 heterocycles. The first-order valence-electron chi connectivity index (χ1n) is 7.00. The summed E-state index contributed by atoms with van der Waals surface area (Å²) >= 11 is 0. The van der Waals surface area contributed by atoms with E-state index in [1.807, 2.05) is 0 Å². The van der Waals surface area contributed by atoms with Crippen molar-refractivity contribution in [2.24, 2.45) is 11.3 Å². The van der Waals surface area contributed by atoms with Crippen LogP contribution in [0.3, 0.4) is 0 Å². The minimum absolute atomic E-state index is 0.109. The van der Waals surface area contributed by atoms with E-state index >= 15 is 0 Å². The molecule has 21 heavy (non-hydrogen) atoms. The van der Waals surface area contributed by atoms with Gasteiger partial charge in [-0.05, 0) is 17.8 Å². The third-order valence-corrected chi connectivity index (χ3v) is 2.84. The molecule has 0 unspecified atom stereocenters. The summed E-state index contributed by atoms with van der Waals surface area (Å²) in [5.41, 5.74) is 0.204. The third kappa shape index (κ3) is 6.42. The highest BCUT2D eigenvalue weighted by Crippen LogP contribution is 2.26. The van der Waals surface area contributed by atoms with E-state index < -0.39 is 0 Å². The highest BCUT2D eigenvalue weighted by atomic mass is 16.5. The van der Waals surface area contributed by atoms with Crippen LogP contribution in [-0.4, -0.2) is 30.1 Å². The van der Waals surface area contributed by atoms with E-state index in [0.717, 1.165) is 6.42 Å². The SMILES string of the molecule is COc1cc(OC)nc(NC(=O)C[C@H](C)CC(C)(C)C)n1. The van der Waals surface area contributed by atoms with Gasteiger partial charge in [0.25, 0.3) is 0 Å². The second-order valence-electron chi connectivity index (χ2n) is 6.40. The van der Waals surface area contributed by atoms with Crippen molar-refractivity contribution in [3.05, 3.63) is 6.07 Å². The van der Waals surface area contributed by atoms with Crippen LogP contribution >= 0.6 is 0 Å². The molecule has 118 valence electrons. The molecular weight excluding hydrogens is 270 g/mol. The van der Waals surface area contributed by atoms with Crippen molar-refractivity contribution in [3.63, 3.8) is 0 Å². The van der Waals surface area contributed by atoms with E-state index in [-0.39, 0.29) is 23.2 Å². The van der Waals surface area contributed by atoms with E-state index in [1.165, 1.54) is 14.2 Å². The number of nitrogens with zero attached hydrogens (tertiary/aromatic N) is 2. The Bertz CT molecular complexity index is 461. The molecule has 0 aromatic carbocycles. The smallest absolute Gasteiger partial charge is 0.236 e. The molecule has 0 saturated carbocycles. The van der Waals surface area contributed by atoms with Gasteiger partial charge >= 0.3 is 0 Å². The topological polar surface area (TPSA) is 73.3 Å². The first-order chi connectivity index (χ1) is 9.73. The molecule has 0 aliphatic carbocycles. The highest BCUT2D eigenvalue weighted by molar-refractivity contribution is 5.89. The lowest BCUT2D eigenvalue weighted by Gasteiger charge is -2.22. The van der Waals surface area contributed by atoms with Crippen molar-refractivity contribution in [1.29, 1.82) is 0 Å². The molecule has 0 aliphatic heterocycles. The summed E-state index contributed by atoms with van der Waals surface area (Å²) in [6, 6.07) is 1.55. The van der Waals surface area contributed by atoms with Gasteiger partial charge in [0.1, 0.15) is 0 Å². The first kappa shape index (κ1) is 17.2. The van der Waals surface area contributed by atoms with Gasteiger partial charge in [-0.15, -0.1) is 0 Å². The minimum Gasteiger partial charge on any atom is -0.481 e. The van der Waals surface area contributed by atoms with Crippen LogP contribution in [-0.2, 0) is 4.79 Å². The van der Waals surface area contributed by atoms with Crippen LogP contribution in [0.25, 0.3) is 0 Å². The van der Waals surface area contributed by atoms with Gasteiger partial charge in [-0.2, -0.15) is 9.97 Å². The Morgan fingerprint density at radius 1 is 1.24 bits per heavy atom. The standard InChI is InChI=1S/C15H25N3O3/c1-10(9-15(2,3)4)7-11(19)16-14-17-12(20-5)8-13(18-14)21-6/h8,10H,7,9H2,1-6H3,(H,16,17,18,19)/t10-/m0/s1. The minimum atomic E-state index is -0.109. The van der Waals surface area contributed by atoms with Gasteiger partial charge in [-0.1, -0.05) is 27.7 Å². The Kier molecular flexibility index (Phi) is 5.93. The number of anilines is 1. The molecule has 0 fully saturated rings. The maximum absolute atomic E-state index is 12.0. The van der Waals surface area contributed by atoms with Crippen molar-refractivity contribution < 1.29 is 14.3 Å². The van der Waals surface area contributed by atoms with Crippen LogP contribution in [0, 0.1) is 11.3 Å². The number of hydrogen-bond acceptors (Lipinski definition) is 5. The number of carbonyl (C=O) groups is 1. The van der Waals surface area contributed by atoms with Gasteiger partial charge in [0.05, 0.1) is 20.3 Å². The van der Waals surface area contributed by atoms with E-state index in [2.05, 4.69) is 43.0 Å². The second-order valence-corrected chi connectivity index (χ2v) is 6.40. The molecule has 6 heteroatoms. The summed E-state index contributed by atoms with van der Waals surface area (Å²) in [5.74, 6) is 1.07. The molecule has 6 nitrogen and oxygen atoms in total. The van der Waals surface area contributed by atoms with Gasteiger partial charge in [0.2, 0.25) is 23.6 Å². The number of carbonyl (C=O) groups excluding carboxylic acids is 1. The number of aromatic nitrogens is 2. The monoisotopic (exact) mass is 295 g/mol. The van der Waals surface area contributed by atoms with Crippen molar-refractivity contribution >= 4 is 11.9 Å². The summed E-state index contributed by atoms with van der Waals surface area (Å²) in [6.45, 7) is 8.56. The Balaban J connectivity index is 2.66. The molecule has 0 radical (unpaired) electrons. The van der Waals surface area contributed by atoms with Crippen LogP contribution in [0.1, 0.15) is 40.5 Å². The first-order valence-corrected chi connectivity index (χ1v) is 7.00. The average molecular weight is 295 g/mol. The molecule has 1 aromatic rings. The number of rotatable bonds is 6. The summed E-state index contributed by atoms with van der Waals surface area (Å²) in [5, 5.41) is 2.69. The van der Waals surface area contributed by atoms with Gasteiger partial charge in [-0.25, -0.2) is 0 Å². The largest absolute Gasteiger partial charge is 0.481 e. The number of amides is 1. The molecule has 1 amide bonds. The zero-order valence-corrected chi connectivity index (χ0v) is 13.7. The van der Waals surface area contributed by atoms with Crippen molar-refractivity contribution in [2.75, 3.05) is 19.5 Å². The fourth-order valence-electron chi connectivity index (χ4n) is 2.28. The van der Waals surface area contributed by atoms with Gasteiger partial charge in [0.15, 0.2) is 0 Å². The van der Waals surface area contributed by atoms with Crippen LogP contribution in [0.15, 0.2) is 6.07 Å². The Morgan fingerprint density at radius 3 is 2.19 bits per heavy atom. The average Bonchev–Trinajstić information content (AvgIpc) is 2.35. The van der Waals surface area contributed by atoms with Gasteiger partial charge < -0.3 is 9.47 Å².